The molecule has 0 atom stereocenters. The first-order valence-corrected chi connectivity index (χ1v) is 45.7. The van der Waals surface area contributed by atoms with Gasteiger partial charge in [0.05, 0.1) is 110 Å². The molecule has 14 heteroatoms. The van der Waals surface area contributed by atoms with Crippen molar-refractivity contribution in [3.05, 3.63) is 297 Å². The molecular weight excluding hydrogens is 1560 g/mol. The molecule has 6 aliphatic heterocycles. The van der Waals surface area contributed by atoms with E-state index in [1.165, 1.54) is 74.0 Å². The average molecular weight is 1650 g/mol. The molecular formula is C110H88N10O2S2. The van der Waals surface area contributed by atoms with E-state index in [0.717, 1.165) is 259 Å². The summed E-state index contributed by atoms with van der Waals surface area (Å²) in [5.41, 5.74) is 25.9. The van der Waals surface area contributed by atoms with Gasteiger partial charge in [0.1, 0.15) is 0 Å². The molecule has 8 aromatic carbocycles. The van der Waals surface area contributed by atoms with Crippen LogP contribution in [-0.4, -0.2) is 74.6 Å². The van der Waals surface area contributed by atoms with Gasteiger partial charge < -0.3 is 29.7 Å². The minimum atomic E-state index is -0.147. The first-order valence-electron chi connectivity index (χ1n) is 44.1. The number of nitrogens with zero attached hydrogens (tertiary/aromatic N) is 6. The zero-order valence-corrected chi connectivity index (χ0v) is 70.9. The number of carbonyl (C=O) groups is 2. The number of thiophene rings is 2. The van der Waals surface area contributed by atoms with Gasteiger partial charge in [-0.2, -0.15) is 0 Å². The van der Waals surface area contributed by atoms with Crippen LogP contribution >= 0.6 is 22.7 Å². The number of fused-ring (bicyclic) bond motifs is 41. The third kappa shape index (κ3) is 13.6. The lowest BCUT2D eigenvalue weighted by atomic mass is 10.0. The maximum Gasteiger partial charge on any atom is 0.261 e. The molecule has 22 rings (SSSR count). The van der Waals surface area contributed by atoms with Crippen LogP contribution < -0.4 is 0 Å². The van der Waals surface area contributed by atoms with E-state index in [1.54, 1.807) is 0 Å². The average Bonchev–Trinajstić information content (AvgIpc) is 1.55. The fourth-order valence-electron chi connectivity index (χ4n) is 19.4. The summed E-state index contributed by atoms with van der Waals surface area (Å²) in [6, 6.07) is 89.3. The quantitative estimate of drug-likeness (QED) is 0.0440. The third-order valence-corrected chi connectivity index (χ3v) is 27.5. The number of H-pyrrole nitrogens is 4. The number of nitrogens with one attached hydrogen (secondary N) is 4. The summed E-state index contributed by atoms with van der Waals surface area (Å²) in [6.45, 7) is 5.45. The Bertz CT molecular complexity index is 7260. The van der Waals surface area contributed by atoms with Gasteiger partial charge in [-0.25, -0.2) is 19.9 Å². The predicted molar refractivity (Wildman–Crippen MR) is 513 cm³/mol. The van der Waals surface area contributed by atoms with E-state index in [0.29, 0.717) is 35.6 Å². The highest BCUT2D eigenvalue weighted by Crippen LogP contribution is 2.51. The Morgan fingerprint density at radius 1 is 0.282 bits per heavy atom. The molecule has 0 aliphatic carbocycles. The highest BCUT2D eigenvalue weighted by Gasteiger charge is 2.49. The van der Waals surface area contributed by atoms with Crippen molar-refractivity contribution < 1.29 is 9.59 Å². The number of carbonyl (C=O) groups excluding carboxylic acids is 2. The smallest absolute Gasteiger partial charge is 0.261 e. The van der Waals surface area contributed by atoms with E-state index in [1.807, 2.05) is 9.80 Å². The maximum atomic E-state index is 16.3. The number of unbranched alkanes of at least 4 members (excludes halogenated alkanes) is 14. The van der Waals surface area contributed by atoms with Crippen molar-refractivity contribution in [1.29, 1.82) is 0 Å². The molecule has 4 N–H and O–H groups in total. The largest absolute Gasteiger partial charge is 0.354 e. The Morgan fingerprint density at radius 2 is 0.548 bits per heavy atom. The first kappa shape index (κ1) is 76.1. The van der Waals surface area contributed by atoms with Crippen molar-refractivity contribution in [2.45, 2.75) is 117 Å². The molecule has 14 heterocycles. The molecule has 16 aromatic rings. The standard InChI is InChI=1S/C110H88N10O2S2/c1-3-5-7-9-11-13-15-33-59-119-107(99-57-53-67(123-99)51-55-85-103-81-47-29-25-43-77(81)95(115-103)63-91-73-39-21-17-35-69(73)87(111-91)61-88-70-36-18-22-40-74(70)92(112-88)64-96-78-44-26-30-48-82(78)104(85)116-96)101-102(109(119)121)108(120(110(101)122)60-34-16-14-12-10-8-6-4-2)100-58-54-68(124-100)52-56-86-105-83-49-31-27-45-79(83)97(117-105)65-93-75-41-23-19-37-71(75)89(113-93)62-90-72-38-20-24-42-76(72)94(114-90)66-98-80-46-28-32-50-84(80)106(86)118-98/h17-32,35-50,53-54,57-58,61-66,111,113,116,118H,3-16,33-34,59-60H2,1-2H3. The fraction of sp³-hybridized carbons (Fsp3) is 0.182. The highest BCUT2D eigenvalue weighted by molar-refractivity contribution is 7.14. The Hall–Kier alpha value is -14.0. The number of aromatic amines is 4. The molecule has 12 nitrogen and oxygen atoms in total. The Kier molecular flexibility index (Phi) is 19.9. The van der Waals surface area contributed by atoms with Crippen LogP contribution in [0, 0.1) is 23.7 Å². The monoisotopic (exact) mass is 1640 g/mol. The van der Waals surface area contributed by atoms with Crippen LogP contribution in [-0.2, 0) is 9.59 Å². The zero-order chi connectivity index (χ0) is 82.9. The van der Waals surface area contributed by atoms with E-state index in [9.17, 15) is 0 Å². The van der Waals surface area contributed by atoms with Crippen molar-refractivity contribution in [2.24, 2.45) is 0 Å². The van der Waals surface area contributed by atoms with E-state index in [4.69, 9.17) is 19.9 Å². The zero-order valence-electron chi connectivity index (χ0n) is 69.3. The van der Waals surface area contributed by atoms with Gasteiger partial charge in [-0.15, -0.1) is 22.7 Å². The van der Waals surface area contributed by atoms with Crippen LogP contribution in [0.5, 0.6) is 0 Å². The Morgan fingerprint density at radius 3 is 0.879 bits per heavy atom. The van der Waals surface area contributed by atoms with E-state index < -0.39 is 0 Å². The summed E-state index contributed by atoms with van der Waals surface area (Å²) in [4.78, 5) is 77.4. The van der Waals surface area contributed by atoms with Gasteiger partial charge >= 0.3 is 0 Å². The second-order valence-electron chi connectivity index (χ2n) is 33.3. The molecule has 8 aromatic heterocycles. The fourth-order valence-corrected chi connectivity index (χ4v) is 21.3. The molecule has 0 spiro atoms. The summed E-state index contributed by atoms with van der Waals surface area (Å²) in [6.07, 6.45) is 17.7. The molecule has 0 saturated carbocycles. The van der Waals surface area contributed by atoms with Gasteiger partial charge in [-0.1, -0.05) is 322 Å². The SMILES string of the molecule is CCCCCCCCCCN1C(=O)C2=C(c3ccc(C#Cc4c5nc(cc6[nH]c(cc7nc(cc8[nH]c4c4ccccc84)-c4ccccc4-7)c4ccccc64)-c4ccccc4-5)s3)N(CCCCCCCCCC)C(=O)C2=C1c1ccc(C#Cc2c3nc(cc4[nH]c(cc5nc(cc6[nH]c2c2ccccc62)-c2ccccc2-5)c2ccccc42)-c2ccccc2-3)s1. The molecule has 6 aliphatic rings. The van der Waals surface area contributed by atoms with Crippen LogP contribution in [0.15, 0.2) is 266 Å². The van der Waals surface area contributed by atoms with E-state index in [-0.39, 0.29) is 11.8 Å². The third-order valence-electron chi connectivity index (χ3n) is 25.5. The van der Waals surface area contributed by atoms with Crippen molar-refractivity contribution in [3.63, 3.8) is 0 Å². The highest BCUT2D eigenvalue weighted by atomic mass is 32.1. The summed E-state index contributed by atoms with van der Waals surface area (Å²) >= 11 is 3.06. The molecule has 0 radical (unpaired) electrons. The number of hydrogen-bond acceptors (Lipinski definition) is 8. The molecule has 2 amide bonds. The Balaban J connectivity index is 0.706. The number of amides is 2. The van der Waals surface area contributed by atoms with Crippen LogP contribution in [0.4, 0.5) is 0 Å². The minimum Gasteiger partial charge on any atom is -0.354 e. The molecule has 602 valence electrons. The van der Waals surface area contributed by atoms with E-state index in [2.05, 4.69) is 312 Å². The minimum absolute atomic E-state index is 0.147. The molecule has 0 saturated heterocycles. The molecule has 124 heavy (non-hydrogen) atoms. The van der Waals surface area contributed by atoms with Crippen molar-refractivity contribution in [2.75, 3.05) is 13.1 Å². The molecule has 0 unspecified atom stereocenters. The lowest BCUT2D eigenvalue weighted by Gasteiger charge is -2.24. The van der Waals surface area contributed by atoms with Gasteiger partial charge in [0.2, 0.25) is 0 Å². The summed E-state index contributed by atoms with van der Waals surface area (Å²) < 4.78 is 0. The second kappa shape index (κ2) is 32.4. The van der Waals surface area contributed by atoms with Gasteiger partial charge in [-0.3, -0.25) is 9.59 Å². The van der Waals surface area contributed by atoms with Gasteiger partial charge in [0.15, 0.2) is 0 Å². The number of aromatic nitrogens is 8. The predicted octanol–water partition coefficient (Wildman–Crippen LogP) is 27.9. The van der Waals surface area contributed by atoms with Gasteiger partial charge in [0.25, 0.3) is 11.8 Å². The summed E-state index contributed by atoms with van der Waals surface area (Å²) in [5.74, 6) is 14.8. The number of hydrogen-bond donors (Lipinski definition) is 4. The normalized spacial score (nSPS) is 13.1. The topological polar surface area (TPSA) is 155 Å². The van der Waals surface area contributed by atoms with E-state index >= 15 is 9.59 Å². The van der Waals surface area contributed by atoms with Gasteiger partial charge in [-0.05, 0) is 73.5 Å². The lowest BCUT2D eigenvalue weighted by molar-refractivity contribution is -0.124. The maximum absolute atomic E-state index is 16.3. The van der Waals surface area contributed by atoms with Crippen molar-refractivity contribution >= 4 is 133 Å². The van der Waals surface area contributed by atoms with Crippen LogP contribution in [0.2, 0.25) is 0 Å². The Labute approximate surface area is 727 Å². The van der Waals surface area contributed by atoms with Gasteiger partial charge in [0, 0.05) is 134 Å². The summed E-state index contributed by atoms with van der Waals surface area (Å²) in [5, 5.41) is 8.42. The molecule has 16 bridgehead atoms. The van der Waals surface area contributed by atoms with Crippen molar-refractivity contribution in [3.8, 4) is 114 Å². The number of benzene rings is 8. The summed E-state index contributed by atoms with van der Waals surface area (Å²) in [7, 11) is 0. The number of rotatable bonds is 20. The van der Waals surface area contributed by atoms with Crippen LogP contribution in [0.3, 0.4) is 0 Å². The second-order valence-corrected chi connectivity index (χ2v) is 35.5. The van der Waals surface area contributed by atoms with Crippen LogP contribution in [0.1, 0.15) is 147 Å². The lowest BCUT2D eigenvalue weighted by Crippen LogP contribution is -2.30. The van der Waals surface area contributed by atoms with Crippen molar-refractivity contribution in [1.82, 2.24) is 49.7 Å². The first-order chi connectivity index (χ1) is 61.2. The van der Waals surface area contributed by atoms with Crippen LogP contribution in [0.25, 0.3) is 189 Å². The molecule has 0 fully saturated rings.